The molecule has 6 nitrogen and oxygen atoms in total. The molecule has 2 aromatic carbocycles. The van der Waals surface area contributed by atoms with Crippen LogP contribution in [-0.2, 0) is 6.42 Å². The van der Waals surface area contributed by atoms with Crippen molar-refractivity contribution >= 4 is 8.41 Å². The Labute approximate surface area is 128 Å². The number of fused-ring (bicyclic) bond motifs is 1. The Bertz CT molecular complexity index is 703. The summed E-state index contributed by atoms with van der Waals surface area (Å²) in [5.74, 6) is -0.589. The fraction of sp³-hybridized carbons (Fsp3) is 0.200. The van der Waals surface area contributed by atoms with Crippen LogP contribution in [0.4, 0.5) is 0 Å². The van der Waals surface area contributed by atoms with Crippen LogP contribution in [0.25, 0.3) is 0 Å². The van der Waals surface area contributed by atoms with Gasteiger partial charge in [-0.1, -0.05) is 6.07 Å². The molecule has 1 aliphatic heterocycles. The fourth-order valence-corrected chi connectivity index (χ4v) is 2.47. The van der Waals surface area contributed by atoms with Crippen LogP contribution in [0, 0.1) is 0 Å². The third kappa shape index (κ3) is 2.63. The highest BCUT2D eigenvalue weighted by molar-refractivity contribution is 5.75. The van der Waals surface area contributed by atoms with Gasteiger partial charge in [0.05, 0.1) is 14.5 Å². The molecule has 0 radical (unpaired) electrons. The van der Waals surface area contributed by atoms with Gasteiger partial charge in [0, 0.05) is 24.1 Å². The van der Waals surface area contributed by atoms with Gasteiger partial charge in [-0.25, -0.2) is 0 Å². The van der Waals surface area contributed by atoms with E-state index in [1.54, 1.807) is 0 Å². The Morgan fingerprint density at radius 2 is 1.64 bits per heavy atom. The van der Waals surface area contributed by atoms with Gasteiger partial charge in [-0.05, 0) is 17.7 Å². The van der Waals surface area contributed by atoms with Crippen LogP contribution in [0.5, 0.6) is 28.7 Å². The lowest BCUT2D eigenvalue weighted by Gasteiger charge is -2.31. The van der Waals surface area contributed by atoms with E-state index in [2.05, 4.69) is 0 Å². The second kappa shape index (κ2) is 5.69. The molecule has 0 bridgehead atoms. The largest absolute Gasteiger partial charge is 0.508 e. The Kier molecular flexibility index (Phi) is 4.10. The first-order valence-corrected chi connectivity index (χ1v) is 6.37. The Morgan fingerprint density at radius 1 is 0.909 bits per heavy atom. The predicted octanol–water partition coefficient (Wildman–Crippen LogP) is 0.362. The van der Waals surface area contributed by atoms with Crippen molar-refractivity contribution in [2.75, 3.05) is 0 Å². The van der Waals surface area contributed by atoms with Gasteiger partial charge in [-0.15, -0.1) is 0 Å². The van der Waals surface area contributed by atoms with Gasteiger partial charge in [0.15, 0.2) is 11.5 Å². The molecule has 0 amide bonds. The molecular weight excluding hydrogens is 287 g/mol. The number of aliphatic hydroxyl groups excluding tert-OH is 1. The SMILES string of the molecule is B.Oc1cc(O)c2c(c1)O[C@H](c1ccc(O)c(O)c1)[C@@H](O)C2. The number of phenolic OH excluding ortho intramolecular Hbond substituents is 4. The molecule has 3 rings (SSSR count). The molecule has 2 aromatic rings. The fourth-order valence-electron chi connectivity index (χ4n) is 2.47. The minimum Gasteiger partial charge on any atom is -0.508 e. The van der Waals surface area contributed by atoms with Crippen molar-refractivity contribution in [1.82, 2.24) is 0 Å². The summed E-state index contributed by atoms with van der Waals surface area (Å²) in [6.07, 6.45) is -1.56. The van der Waals surface area contributed by atoms with E-state index in [0.717, 1.165) is 0 Å². The Hall–Kier alpha value is -2.54. The van der Waals surface area contributed by atoms with Crippen LogP contribution in [0.15, 0.2) is 30.3 Å². The van der Waals surface area contributed by atoms with Crippen molar-refractivity contribution in [3.63, 3.8) is 0 Å². The van der Waals surface area contributed by atoms with Gasteiger partial charge < -0.3 is 30.3 Å². The average molecular weight is 304 g/mol. The van der Waals surface area contributed by atoms with Crippen molar-refractivity contribution in [1.29, 1.82) is 0 Å². The van der Waals surface area contributed by atoms with E-state index >= 15 is 0 Å². The van der Waals surface area contributed by atoms with E-state index in [4.69, 9.17) is 4.74 Å². The predicted molar refractivity (Wildman–Crippen MR) is 82.6 cm³/mol. The summed E-state index contributed by atoms with van der Waals surface area (Å²) < 4.78 is 5.62. The molecule has 7 heteroatoms. The molecule has 5 N–H and O–H groups in total. The third-order valence-corrected chi connectivity index (χ3v) is 3.51. The third-order valence-electron chi connectivity index (χ3n) is 3.51. The molecule has 0 fully saturated rings. The molecule has 0 aliphatic carbocycles. The van der Waals surface area contributed by atoms with E-state index < -0.39 is 12.2 Å². The summed E-state index contributed by atoms with van der Waals surface area (Å²) in [6.45, 7) is 0. The van der Waals surface area contributed by atoms with Gasteiger partial charge in [0.1, 0.15) is 23.4 Å². The monoisotopic (exact) mass is 304 g/mol. The highest BCUT2D eigenvalue weighted by Gasteiger charge is 2.32. The normalized spacial score (nSPS) is 19.7. The van der Waals surface area contributed by atoms with Crippen molar-refractivity contribution < 1.29 is 30.3 Å². The van der Waals surface area contributed by atoms with Gasteiger partial charge in [0.25, 0.3) is 0 Å². The number of hydrogen-bond acceptors (Lipinski definition) is 6. The summed E-state index contributed by atoms with van der Waals surface area (Å²) >= 11 is 0. The maximum Gasteiger partial charge on any atom is 0.157 e. The molecule has 0 aromatic heterocycles. The summed E-state index contributed by atoms with van der Waals surface area (Å²) in [6, 6.07) is 6.67. The smallest absolute Gasteiger partial charge is 0.157 e. The van der Waals surface area contributed by atoms with Crippen LogP contribution >= 0.6 is 0 Å². The number of aliphatic hydroxyl groups is 1. The number of benzene rings is 2. The van der Waals surface area contributed by atoms with Crippen LogP contribution in [0.3, 0.4) is 0 Å². The zero-order valence-electron chi connectivity index (χ0n) is 10.9. The maximum absolute atomic E-state index is 10.2. The number of aromatic hydroxyl groups is 4. The summed E-state index contributed by atoms with van der Waals surface area (Å²) in [4.78, 5) is 0. The Morgan fingerprint density at radius 3 is 2.32 bits per heavy atom. The highest BCUT2D eigenvalue weighted by atomic mass is 16.5. The molecule has 1 heterocycles. The minimum atomic E-state index is -0.933. The summed E-state index contributed by atoms with van der Waals surface area (Å²) in [7, 11) is 0. The standard InChI is InChI=1S/C15H14O6.BH3/c16-8-4-11(18)9-6-13(20)15(21-14(9)5-8)7-1-2-10(17)12(19)3-7;/h1-5,13,15-20H,6H2;1H3/t13-,15+;/m0./s1. The molecule has 1 aliphatic rings. The zero-order chi connectivity index (χ0) is 15.1. The lowest BCUT2D eigenvalue weighted by Crippen LogP contribution is -2.30. The van der Waals surface area contributed by atoms with Crippen molar-refractivity contribution in [2.24, 2.45) is 0 Å². The average Bonchev–Trinajstić information content (AvgIpc) is 2.42. The molecule has 0 saturated carbocycles. The molecule has 22 heavy (non-hydrogen) atoms. The van der Waals surface area contributed by atoms with Crippen molar-refractivity contribution in [2.45, 2.75) is 18.6 Å². The quantitative estimate of drug-likeness (QED) is 0.384. The van der Waals surface area contributed by atoms with E-state index in [-0.39, 0.29) is 43.6 Å². The first kappa shape index (κ1) is 15.8. The first-order valence-electron chi connectivity index (χ1n) is 6.37. The second-order valence-corrected chi connectivity index (χ2v) is 5.00. The lowest BCUT2D eigenvalue weighted by molar-refractivity contribution is 0.0197. The second-order valence-electron chi connectivity index (χ2n) is 5.00. The number of hydrogen-bond donors (Lipinski definition) is 5. The van der Waals surface area contributed by atoms with Crippen molar-refractivity contribution in [3.8, 4) is 28.7 Å². The van der Waals surface area contributed by atoms with E-state index in [0.29, 0.717) is 11.1 Å². The topological polar surface area (TPSA) is 110 Å². The Balaban J connectivity index is 0.00000176. The van der Waals surface area contributed by atoms with Crippen LogP contribution in [-0.4, -0.2) is 40.0 Å². The molecule has 0 spiro atoms. The zero-order valence-corrected chi connectivity index (χ0v) is 10.9. The molecule has 0 unspecified atom stereocenters. The van der Waals surface area contributed by atoms with Gasteiger partial charge in [-0.2, -0.15) is 0 Å². The van der Waals surface area contributed by atoms with Crippen molar-refractivity contribution in [3.05, 3.63) is 41.5 Å². The highest BCUT2D eigenvalue weighted by Crippen LogP contribution is 2.42. The van der Waals surface area contributed by atoms with Crippen LogP contribution in [0.2, 0.25) is 0 Å². The molecule has 116 valence electrons. The number of rotatable bonds is 1. The molecule has 0 saturated heterocycles. The molecule has 2 atom stereocenters. The number of ether oxygens (including phenoxy) is 1. The summed E-state index contributed by atoms with van der Waals surface area (Å²) in [5.41, 5.74) is 0.894. The first-order chi connectivity index (χ1) is 9.95. The van der Waals surface area contributed by atoms with Crippen LogP contribution in [0.1, 0.15) is 17.2 Å². The summed E-state index contributed by atoms with van der Waals surface area (Å²) in [5, 5.41) is 48.3. The number of phenols is 4. The van der Waals surface area contributed by atoms with E-state index in [1.165, 1.54) is 30.3 Å². The van der Waals surface area contributed by atoms with Crippen LogP contribution < -0.4 is 4.74 Å². The lowest BCUT2D eigenvalue weighted by atomic mass is 9.94. The van der Waals surface area contributed by atoms with Gasteiger partial charge in [-0.3, -0.25) is 0 Å². The molecular formula is C15H17BO6. The van der Waals surface area contributed by atoms with E-state index in [9.17, 15) is 25.5 Å². The maximum atomic E-state index is 10.2. The minimum absolute atomic E-state index is 0. The van der Waals surface area contributed by atoms with E-state index in [1.807, 2.05) is 0 Å². The van der Waals surface area contributed by atoms with Gasteiger partial charge in [0.2, 0.25) is 0 Å². The van der Waals surface area contributed by atoms with Gasteiger partial charge >= 0.3 is 0 Å².